The van der Waals surface area contributed by atoms with Gasteiger partial charge in [0.1, 0.15) is 6.61 Å². The van der Waals surface area contributed by atoms with Gasteiger partial charge < -0.3 is 14.9 Å². The van der Waals surface area contributed by atoms with Crippen LogP contribution in [0.4, 0.5) is 8.78 Å². The van der Waals surface area contributed by atoms with E-state index < -0.39 is 25.1 Å². The summed E-state index contributed by atoms with van der Waals surface area (Å²) in [4.78, 5) is 5.88. The summed E-state index contributed by atoms with van der Waals surface area (Å²) >= 11 is 6.04. The second kappa shape index (κ2) is 6.40. The largest absolute Gasteiger partial charge is 0.437 e. The summed E-state index contributed by atoms with van der Waals surface area (Å²) in [6.07, 6.45) is 3.56. The molecule has 1 aliphatic heterocycles. The lowest BCUT2D eigenvalue weighted by Gasteiger charge is -2.27. The Labute approximate surface area is 127 Å². The molecule has 0 saturated heterocycles. The van der Waals surface area contributed by atoms with Crippen molar-refractivity contribution in [3.63, 3.8) is 0 Å². The summed E-state index contributed by atoms with van der Waals surface area (Å²) in [5.74, 6) is -3.35. The Hall–Kier alpha value is -1.02. The van der Waals surface area contributed by atoms with Gasteiger partial charge in [-0.25, -0.2) is 0 Å². The molecule has 0 fully saturated rings. The molecule has 0 saturated carbocycles. The second-order valence-corrected chi connectivity index (χ2v) is 5.43. The molecule has 0 unspecified atom stereocenters. The molecular weight excluding hydrogens is 300 g/mol. The maximum Gasteiger partial charge on any atom is 0.376 e. The van der Waals surface area contributed by atoms with Crippen LogP contribution in [0.3, 0.4) is 0 Å². The van der Waals surface area contributed by atoms with Crippen molar-refractivity contribution >= 4 is 24.2 Å². The third-order valence-corrected chi connectivity index (χ3v) is 3.82. The molecule has 8 heteroatoms. The van der Waals surface area contributed by atoms with E-state index in [1.807, 2.05) is 10.9 Å². The van der Waals surface area contributed by atoms with Crippen molar-refractivity contribution in [2.75, 3.05) is 19.7 Å². The number of alkyl halides is 2. The van der Waals surface area contributed by atoms with Crippen LogP contribution in [0.1, 0.15) is 17.7 Å². The minimum absolute atomic E-state index is 0.136. The summed E-state index contributed by atoms with van der Waals surface area (Å²) in [6.45, 7) is 1.61. The molecule has 1 aliphatic rings. The van der Waals surface area contributed by atoms with Gasteiger partial charge in [0.15, 0.2) is 0 Å². The molecule has 2 rings (SSSR count). The number of hydrogen-bond acceptors (Lipinski definition) is 4. The van der Waals surface area contributed by atoms with Gasteiger partial charge in [-0.15, -0.1) is 0 Å². The number of aromatic nitrogens is 1. The van der Waals surface area contributed by atoms with Crippen molar-refractivity contribution in [2.45, 2.75) is 19.2 Å². The first-order chi connectivity index (χ1) is 9.85. The zero-order valence-electron chi connectivity index (χ0n) is 11.6. The van der Waals surface area contributed by atoms with Crippen LogP contribution < -0.4 is 0 Å². The predicted octanol–water partition coefficient (Wildman–Crippen LogP) is 2.02. The first kappa shape index (κ1) is 16.4. The normalized spacial score (nSPS) is 16.8. The lowest BCUT2D eigenvalue weighted by atomic mass is 9.83. The fourth-order valence-corrected chi connectivity index (χ4v) is 2.49. The van der Waals surface area contributed by atoms with Gasteiger partial charge in [-0.2, -0.15) is 8.78 Å². The first-order valence-corrected chi connectivity index (χ1v) is 6.99. The first-order valence-electron chi connectivity index (χ1n) is 6.61. The van der Waals surface area contributed by atoms with Crippen LogP contribution >= 0.6 is 11.6 Å². The molecule has 0 bridgehead atoms. The van der Waals surface area contributed by atoms with E-state index in [4.69, 9.17) is 16.7 Å². The SMILES string of the molecule is CB(O)N1CC=C(c2ncc(C(F)(F)CO)cc2Cl)CC1. The highest BCUT2D eigenvalue weighted by Crippen LogP contribution is 2.32. The van der Waals surface area contributed by atoms with Gasteiger partial charge in [-0.1, -0.05) is 17.7 Å². The minimum Gasteiger partial charge on any atom is -0.437 e. The molecule has 0 radical (unpaired) electrons. The average molecular weight is 317 g/mol. The second-order valence-electron chi connectivity index (χ2n) is 5.02. The van der Waals surface area contributed by atoms with Crippen molar-refractivity contribution in [1.82, 2.24) is 9.79 Å². The zero-order valence-corrected chi connectivity index (χ0v) is 12.3. The fourth-order valence-electron chi connectivity index (χ4n) is 2.20. The summed E-state index contributed by atoms with van der Waals surface area (Å²) in [7, 11) is -0.531. The molecule has 2 N–H and O–H groups in total. The summed E-state index contributed by atoms with van der Waals surface area (Å²) in [6, 6.07) is 1.14. The highest BCUT2D eigenvalue weighted by molar-refractivity contribution is 6.45. The highest BCUT2D eigenvalue weighted by atomic mass is 35.5. The molecule has 0 spiro atoms. The topological polar surface area (TPSA) is 56.6 Å². The zero-order chi connectivity index (χ0) is 15.6. The monoisotopic (exact) mass is 316 g/mol. The summed E-state index contributed by atoms with van der Waals surface area (Å²) < 4.78 is 26.8. The van der Waals surface area contributed by atoms with E-state index in [1.165, 1.54) is 0 Å². The fraction of sp³-hybridized carbons (Fsp3) is 0.462. The molecule has 21 heavy (non-hydrogen) atoms. The molecule has 0 amide bonds. The highest BCUT2D eigenvalue weighted by Gasteiger charge is 2.32. The maximum absolute atomic E-state index is 13.4. The van der Waals surface area contributed by atoms with E-state index in [-0.39, 0.29) is 5.02 Å². The quantitative estimate of drug-likeness (QED) is 0.835. The predicted molar refractivity (Wildman–Crippen MR) is 78.2 cm³/mol. The molecule has 0 atom stereocenters. The Bertz CT molecular complexity index is 555. The van der Waals surface area contributed by atoms with Crippen LogP contribution in [0.5, 0.6) is 0 Å². The van der Waals surface area contributed by atoms with Crippen molar-refractivity contribution in [3.05, 3.63) is 34.6 Å². The van der Waals surface area contributed by atoms with Crippen molar-refractivity contribution in [1.29, 1.82) is 0 Å². The third kappa shape index (κ3) is 3.60. The van der Waals surface area contributed by atoms with E-state index in [1.54, 1.807) is 6.82 Å². The Morgan fingerprint density at radius 1 is 1.52 bits per heavy atom. The number of nitrogens with zero attached hydrogens (tertiary/aromatic N) is 2. The Morgan fingerprint density at radius 2 is 2.24 bits per heavy atom. The van der Waals surface area contributed by atoms with Gasteiger partial charge >= 0.3 is 7.05 Å². The molecule has 2 heterocycles. The molecule has 1 aromatic heterocycles. The number of rotatable bonds is 4. The number of aliphatic hydroxyl groups is 1. The molecule has 4 nitrogen and oxygen atoms in total. The van der Waals surface area contributed by atoms with Gasteiger partial charge in [0.05, 0.1) is 10.7 Å². The van der Waals surface area contributed by atoms with Crippen molar-refractivity contribution in [3.8, 4) is 0 Å². The maximum atomic E-state index is 13.4. The Morgan fingerprint density at radius 3 is 2.71 bits per heavy atom. The molecular formula is C13H16BClF2N2O2. The third-order valence-electron chi connectivity index (χ3n) is 3.54. The van der Waals surface area contributed by atoms with Gasteiger partial charge in [0.25, 0.3) is 5.92 Å². The molecule has 0 aromatic carbocycles. The number of halogens is 3. The number of pyridine rings is 1. The van der Waals surface area contributed by atoms with Crippen LogP contribution in [0.25, 0.3) is 5.57 Å². The van der Waals surface area contributed by atoms with Crippen LogP contribution in [0.2, 0.25) is 11.8 Å². The van der Waals surface area contributed by atoms with Crippen molar-refractivity contribution < 1.29 is 18.9 Å². The standard InChI is InChI=1S/C13H16BClF2N2O2/c1-14(21)19-4-2-9(3-5-19)12-11(15)6-10(7-18-12)13(16,17)8-20/h2,6-7,20-21H,3-5,8H2,1H3. The van der Waals surface area contributed by atoms with E-state index in [0.29, 0.717) is 25.2 Å². The van der Waals surface area contributed by atoms with E-state index >= 15 is 0 Å². The average Bonchev–Trinajstić information content (AvgIpc) is 2.47. The smallest absolute Gasteiger partial charge is 0.376 e. The van der Waals surface area contributed by atoms with Gasteiger partial charge in [0.2, 0.25) is 0 Å². The van der Waals surface area contributed by atoms with E-state index in [0.717, 1.165) is 17.8 Å². The van der Waals surface area contributed by atoms with Crippen LogP contribution in [-0.4, -0.2) is 46.7 Å². The van der Waals surface area contributed by atoms with Crippen LogP contribution in [0.15, 0.2) is 18.3 Å². The Balaban J connectivity index is 2.23. The van der Waals surface area contributed by atoms with Gasteiger partial charge in [0, 0.05) is 18.3 Å². The van der Waals surface area contributed by atoms with Crippen molar-refractivity contribution in [2.24, 2.45) is 0 Å². The van der Waals surface area contributed by atoms with Crippen LogP contribution in [0, 0.1) is 0 Å². The molecule has 0 aliphatic carbocycles. The van der Waals surface area contributed by atoms with E-state index in [2.05, 4.69) is 4.98 Å². The lowest BCUT2D eigenvalue weighted by Crippen LogP contribution is -2.39. The molecule has 1 aromatic rings. The van der Waals surface area contributed by atoms with Gasteiger partial charge in [-0.3, -0.25) is 4.98 Å². The lowest BCUT2D eigenvalue weighted by molar-refractivity contribution is -0.0558. The molecule has 114 valence electrons. The number of hydrogen-bond donors (Lipinski definition) is 2. The summed E-state index contributed by atoms with van der Waals surface area (Å²) in [5.41, 5.74) is 0.941. The number of aliphatic hydroxyl groups excluding tert-OH is 1. The van der Waals surface area contributed by atoms with Gasteiger partial charge in [-0.05, 0) is 31.4 Å². The Kier molecular flexibility index (Phi) is 4.98. The summed E-state index contributed by atoms with van der Waals surface area (Å²) in [5, 5.41) is 18.3. The minimum atomic E-state index is -3.35. The van der Waals surface area contributed by atoms with Crippen LogP contribution in [-0.2, 0) is 5.92 Å². The van der Waals surface area contributed by atoms with E-state index in [9.17, 15) is 13.8 Å².